The van der Waals surface area contributed by atoms with Gasteiger partial charge in [0, 0.05) is 33.7 Å². The molecule has 8 heteroatoms. The minimum absolute atomic E-state index is 0.138. The van der Waals surface area contributed by atoms with E-state index in [0.717, 1.165) is 58.0 Å². The topological polar surface area (TPSA) is 66.6 Å². The quantitative estimate of drug-likeness (QED) is 0.0749. The summed E-state index contributed by atoms with van der Waals surface area (Å²) >= 11 is 0. The normalized spacial score (nSPS) is 13.2. The molecule has 0 saturated carbocycles. The van der Waals surface area contributed by atoms with Crippen LogP contribution in [0, 0.1) is 0 Å². The fraction of sp³-hybridized carbons (Fsp3) is 0.316. The molecule has 2 aliphatic rings. The molecule has 0 amide bonds. The van der Waals surface area contributed by atoms with Crippen LogP contribution in [0.15, 0.2) is 84.9 Å². The molecule has 0 fully saturated rings. The van der Waals surface area contributed by atoms with Gasteiger partial charge in [-0.1, -0.05) is 101 Å². The average Bonchev–Trinajstić information content (AvgIpc) is 3.69. The molecule has 2 heterocycles. The number of benzene rings is 5. The summed E-state index contributed by atoms with van der Waals surface area (Å²) in [4.78, 5) is 0. The first kappa shape index (κ1) is 30.2. The van der Waals surface area contributed by atoms with E-state index in [1.54, 1.807) is 0 Å². The van der Waals surface area contributed by atoms with E-state index in [4.69, 9.17) is 9.47 Å². The van der Waals surface area contributed by atoms with Crippen LogP contribution < -0.4 is 41.3 Å². The highest BCUT2D eigenvalue weighted by Crippen LogP contribution is 2.35. The smallest absolute Gasteiger partial charge is 0.410 e. The summed E-state index contributed by atoms with van der Waals surface area (Å²) in [5.74, 6) is 1.77. The second-order valence-electron chi connectivity index (χ2n) is 12.7. The molecule has 0 spiro atoms. The molecular weight excluding hydrogens is 566 g/mol. The lowest BCUT2D eigenvalue weighted by atomic mass is 9.64. The molecule has 234 valence electrons. The molecular formula is C38H44B2N4O2. The Morgan fingerprint density at radius 3 is 1.13 bits per heavy atom. The molecule has 4 N–H and O–H groups in total. The summed E-state index contributed by atoms with van der Waals surface area (Å²) in [5, 5.41) is 19.9. The maximum absolute atomic E-state index is 6.63. The van der Waals surface area contributed by atoms with Crippen molar-refractivity contribution in [2.24, 2.45) is 0 Å². The van der Waals surface area contributed by atoms with Crippen LogP contribution in [0.25, 0.3) is 21.5 Å². The van der Waals surface area contributed by atoms with Crippen molar-refractivity contribution in [3.63, 3.8) is 0 Å². The summed E-state index contributed by atoms with van der Waals surface area (Å²) in [5.41, 5.74) is 6.53. The summed E-state index contributed by atoms with van der Waals surface area (Å²) in [6, 6.07) is 30.4. The van der Waals surface area contributed by atoms with Gasteiger partial charge in [0.1, 0.15) is 11.5 Å². The molecule has 2 aliphatic heterocycles. The van der Waals surface area contributed by atoms with E-state index in [-0.39, 0.29) is 14.0 Å². The molecule has 5 aromatic carbocycles. The maximum Gasteiger partial charge on any atom is 0.410 e. The molecule has 46 heavy (non-hydrogen) atoms. The van der Waals surface area contributed by atoms with Gasteiger partial charge in [-0.2, -0.15) is 0 Å². The minimum Gasteiger partial charge on any atom is -0.494 e. The monoisotopic (exact) mass is 610 g/mol. The van der Waals surface area contributed by atoms with E-state index >= 15 is 0 Å². The zero-order chi connectivity index (χ0) is 31.3. The van der Waals surface area contributed by atoms with Gasteiger partial charge in [-0.05, 0) is 70.8 Å². The minimum atomic E-state index is -0.138. The van der Waals surface area contributed by atoms with Crippen molar-refractivity contribution in [2.75, 3.05) is 34.1 Å². The lowest BCUT2D eigenvalue weighted by Crippen LogP contribution is -2.47. The Labute approximate surface area is 273 Å². The number of rotatable bonds is 14. The van der Waals surface area contributed by atoms with Gasteiger partial charge in [0.25, 0.3) is 0 Å². The Hall–Kier alpha value is -4.45. The number of unbranched alkanes of at least 4 members (excludes halogenated alkanes) is 6. The second kappa shape index (κ2) is 13.9. The van der Waals surface area contributed by atoms with Crippen LogP contribution >= 0.6 is 0 Å². The van der Waals surface area contributed by atoms with Crippen molar-refractivity contribution in [2.45, 2.75) is 65.2 Å². The highest BCUT2D eigenvalue weighted by molar-refractivity contribution is 6.83. The third kappa shape index (κ3) is 6.44. The summed E-state index contributed by atoms with van der Waals surface area (Å²) in [7, 11) is 0. The highest BCUT2D eigenvalue weighted by atomic mass is 16.5. The third-order valence-electron chi connectivity index (χ3n) is 9.25. The van der Waals surface area contributed by atoms with Crippen LogP contribution in [-0.2, 0) is 0 Å². The Morgan fingerprint density at radius 1 is 0.457 bits per heavy atom. The molecule has 6 nitrogen and oxygen atoms in total. The van der Waals surface area contributed by atoms with Gasteiger partial charge in [0.15, 0.2) is 0 Å². The number of hydrogen-bond acceptors (Lipinski definition) is 6. The molecule has 5 aromatic rings. The Kier molecular flexibility index (Phi) is 9.13. The lowest BCUT2D eigenvalue weighted by Gasteiger charge is -2.21. The fourth-order valence-electron chi connectivity index (χ4n) is 6.68. The van der Waals surface area contributed by atoms with Crippen molar-refractivity contribution in [1.29, 1.82) is 0 Å². The van der Waals surface area contributed by atoms with Crippen LogP contribution in [0.2, 0.25) is 0 Å². The summed E-state index contributed by atoms with van der Waals surface area (Å²) < 4.78 is 13.3. The first-order chi connectivity index (χ1) is 22.7. The third-order valence-corrected chi connectivity index (χ3v) is 9.25. The predicted octanol–water partition coefficient (Wildman–Crippen LogP) is 8.38. The Bertz CT molecular complexity index is 1610. The maximum atomic E-state index is 6.63. The molecule has 0 aliphatic carbocycles. The van der Waals surface area contributed by atoms with Crippen LogP contribution in [0.4, 0.5) is 22.7 Å². The van der Waals surface area contributed by atoms with E-state index in [0.29, 0.717) is 13.2 Å². The SMILES string of the molecule is CCCCCCOc1cc(B2Nc3cc4ccccc4cc3N2)c(OCCCCCC)cc1B1Nc2cc3ccccc3cc2N1. The highest BCUT2D eigenvalue weighted by Gasteiger charge is 2.35. The van der Waals surface area contributed by atoms with Crippen LogP contribution in [0.3, 0.4) is 0 Å². The molecule has 0 atom stereocenters. The predicted molar refractivity (Wildman–Crippen MR) is 199 cm³/mol. The van der Waals surface area contributed by atoms with E-state index < -0.39 is 0 Å². The van der Waals surface area contributed by atoms with Gasteiger partial charge in [-0.15, -0.1) is 0 Å². The van der Waals surface area contributed by atoms with E-state index in [9.17, 15) is 0 Å². The molecule has 7 rings (SSSR count). The van der Waals surface area contributed by atoms with Crippen molar-refractivity contribution in [1.82, 2.24) is 0 Å². The van der Waals surface area contributed by atoms with E-state index in [1.807, 2.05) is 0 Å². The zero-order valence-corrected chi connectivity index (χ0v) is 27.1. The Balaban J connectivity index is 1.23. The molecule has 0 radical (unpaired) electrons. The van der Waals surface area contributed by atoms with Gasteiger partial charge in [0.2, 0.25) is 0 Å². The van der Waals surface area contributed by atoms with Crippen molar-refractivity contribution in [3.8, 4) is 11.5 Å². The Morgan fingerprint density at radius 2 is 0.804 bits per heavy atom. The average molecular weight is 610 g/mol. The van der Waals surface area contributed by atoms with Crippen molar-refractivity contribution < 1.29 is 9.47 Å². The molecule has 0 aromatic heterocycles. The number of nitrogens with one attached hydrogen (secondary N) is 4. The molecule has 0 saturated heterocycles. The summed E-state index contributed by atoms with van der Waals surface area (Å²) in [6.07, 6.45) is 9.27. The van der Waals surface area contributed by atoms with Gasteiger partial charge < -0.3 is 30.4 Å². The van der Waals surface area contributed by atoms with Gasteiger partial charge in [-0.3, -0.25) is 0 Å². The standard InChI is InChI=1S/C38H44B2N4O2/c1-3-5-7-13-19-45-37-25-32(40-43-35-23-29-17-11-12-18-30(29)24-36(35)44-40)38(46-20-14-8-6-4-2)26-31(37)39-41-33-21-27-15-9-10-16-28(27)22-34(33)42-39/h9-12,15-18,21-26,41-44H,3-8,13-14,19-20H2,1-2H3. The van der Waals surface area contributed by atoms with E-state index in [1.165, 1.54) is 60.1 Å². The summed E-state index contributed by atoms with van der Waals surface area (Å²) in [6.45, 7) is 5.58. The lowest BCUT2D eigenvalue weighted by molar-refractivity contribution is 0.300. The van der Waals surface area contributed by atoms with Crippen LogP contribution in [0.1, 0.15) is 65.2 Å². The fourth-order valence-corrected chi connectivity index (χ4v) is 6.68. The largest absolute Gasteiger partial charge is 0.494 e. The zero-order valence-electron chi connectivity index (χ0n) is 27.1. The molecule has 0 unspecified atom stereocenters. The number of anilines is 4. The number of ether oxygens (including phenoxy) is 2. The first-order valence-corrected chi connectivity index (χ1v) is 17.3. The second-order valence-corrected chi connectivity index (χ2v) is 12.7. The number of hydrogen-bond donors (Lipinski definition) is 4. The van der Waals surface area contributed by atoms with Crippen LogP contribution in [0.5, 0.6) is 11.5 Å². The van der Waals surface area contributed by atoms with Crippen molar-refractivity contribution in [3.05, 3.63) is 84.9 Å². The van der Waals surface area contributed by atoms with Gasteiger partial charge >= 0.3 is 14.0 Å². The van der Waals surface area contributed by atoms with Gasteiger partial charge in [0.05, 0.1) is 13.2 Å². The number of fused-ring (bicyclic) bond motifs is 4. The van der Waals surface area contributed by atoms with Crippen LogP contribution in [-0.4, -0.2) is 27.2 Å². The first-order valence-electron chi connectivity index (χ1n) is 17.3. The molecule has 0 bridgehead atoms. The van der Waals surface area contributed by atoms with E-state index in [2.05, 4.69) is 120 Å². The van der Waals surface area contributed by atoms with Gasteiger partial charge in [-0.25, -0.2) is 0 Å². The van der Waals surface area contributed by atoms with Crippen molar-refractivity contribution >= 4 is 69.2 Å².